The summed E-state index contributed by atoms with van der Waals surface area (Å²) < 4.78 is 32.6. The van der Waals surface area contributed by atoms with E-state index >= 15 is 0 Å². The van der Waals surface area contributed by atoms with Crippen molar-refractivity contribution in [3.8, 4) is 0 Å². The number of allylic oxidation sites excluding steroid dienone is 8. The van der Waals surface area contributed by atoms with Gasteiger partial charge in [-0.3, -0.25) is 18.6 Å². The van der Waals surface area contributed by atoms with E-state index in [0.29, 0.717) is 19.3 Å². The second-order valence-corrected chi connectivity index (χ2v) is 15.8. The van der Waals surface area contributed by atoms with Gasteiger partial charge < -0.3 is 24.6 Å². The van der Waals surface area contributed by atoms with Crippen molar-refractivity contribution in [2.75, 3.05) is 26.4 Å². The van der Waals surface area contributed by atoms with Crippen LogP contribution in [-0.2, 0) is 32.7 Å². The van der Waals surface area contributed by atoms with E-state index in [2.05, 4.69) is 60.9 Å². The molecule has 1 unspecified atom stereocenters. The highest BCUT2D eigenvalue weighted by atomic mass is 31.2. The summed E-state index contributed by atoms with van der Waals surface area (Å²) in [5, 5.41) is 18.3. The molecule has 10 nitrogen and oxygen atoms in total. The fourth-order valence-electron chi connectivity index (χ4n) is 5.59. The van der Waals surface area contributed by atoms with E-state index in [9.17, 15) is 24.2 Å². The number of phosphoric ester groups is 1. The maximum atomic E-state index is 12.6. The fraction of sp³-hybridized carbons (Fsp3) is 0.773. The molecule has 0 saturated carbocycles. The summed E-state index contributed by atoms with van der Waals surface area (Å²) in [5.41, 5.74) is 0. The number of rotatable bonds is 40. The van der Waals surface area contributed by atoms with Crippen molar-refractivity contribution >= 4 is 19.8 Å². The maximum absolute atomic E-state index is 12.6. The zero-order valence-corrected chi connectivity index (χ0v) is 35.5. The summed E-state index contributed by atoms with van der Waals surface area (Å²) >= 11 is 0. The smallest absolute Gasteiger partial charge is 0.462 e. The molecule has 3 atom stereocenters. The van der Waals surface area contributed by atoms with Gasteiger partial charge in [0.25, 0.3) is 0 Å². The van der Waals surface area contributed by atoms with Gasteiger partial charge >= 0.3 is 19.8 Å². The SMILES string of the molecule is CCCCCC/C=C/CCCCCCCCCC(=O)OC[C@H](COP(=O)(O)OC[C@@H](O)CO)OC(=O)CCC/C=C/C/C=C/C/C=C/CCCCCCCC. The molecule has 3 N–H and O–H groups in total. The summed E-state index contributed by atoms with van der Waals surface area (Å²) in [6.45, 7) is 2.30. The van der Waals surface area contributed by atoms with Crippen LogP contribution >= 0.6 is 7.82 Å². The minimum Gasteiger partial charge on any atom is -0.462 e. The van der Waals surface area contributed by atoms with Gasteiger partial charge in [-0.1, -0.05) is 146 Å². The third-order valence-electron chi connectivity index (χ3n) is 8.96. The highest BCUT2D eigenvalue weighted by molar-refractivity contribution is 7.47. The number of carbonyl (C=O) groups is 2. The van der Waals surface area contributed by atoms with Crippen LogP contribution in [0, 0.1) is 0 Å². The zero-order valence-electron chi connectivity index (χ0n) is 34.6. The molecule has 0 fully saturated rings. The lowest BCUT2D eigenvalue weighted by Crippen LogP contribution is -2.29. The highest BCUT2D eigenvalue weighted by Gasteiger charge is 2.27. The molecule has 0 heterocycles. The monoisotopic (exact) mass is 799 g/mol. The molecule has 55 heavy (non-hydrogen) atoms. The van der Waals surface area contributed by atoms with Crippen LogP contribution in [0.2, 0.25) is 0 Å². The normalized spacial score (nSPS) is 14.3. The van der Waals surface area contributed by atoms with Gasteiger partial charge in [0.05, 0.1) is 19.8 Å². The summed E-state index contributed by atoms with van der Waals surface area (Å²) in [5.74, 6) is -0.992. The van der Waals surface area contributed by atoms with Crippen molar-refractivity contribution in [2.24, 2.45) is 0 Å². The Kier molecular flexibility index (Phi) is 38.6. The first-order chi connectivity index (χ1) is 26.7. The van der Waals surface area contributed by atoms with Gasteiger partial charge in [-0.05, 0) is 70.6 Å². The van der Waals surface area contributed by atoms with E-state index in [1.165, 1.54) is 89.9 Å². The maximum Gasteiger partial charge on any atom is 0.472 e. The molecule has 0 aliphatic carbocycles. The van der Waals surface area contributed by atoms with Gasteiger partial charge in [0.15, 0.2) is 6.10 Å². The average molecular weight is 799 g/mol. The van der Waals surface area contributed by atoms with Gasteiger partial charge in [-0.25, -0.2) is 4.57 Å². The zero-order chi connectivity index (χ0) is 40.5. The van der Waals surface area contributed by atoms with Crippen LogP contribution in [0.4, 0.5) is 0 Å². The number of unbranched alkanes of at least 4 members (excludes halogenated alkanes) is 18. The Labute approximate surface area is 334 Å². The van der Waals surface area contributed by atoms with Crippen molar-refractivity contribution in [1.29, 1.82) is 0 Å². The number of hydrogen-bond donors (Lipinski definition) is 3. The van der Waals surface area contributed by atoms with E-state index in [1.807, 2.05) is 6.08 Å². The molecule has 0 aliphatic heterocycles. The number of aliphatic hydroxyl groups is 2. The van der Waals surface area contributed by atoms with Crippen LogP contribution in [0.15, 0.2) is 48.6 Å². The first kappa shape index (κ1) is 52.9. The first-order valence-corrected chi connectivity index (χ1v) is 23.1. The van der Waals surface area contributed by atoms with Crippen molar-refractivity contribution in [3.05, 3.63) is 48.6 Å². The number of ether oxygens (including phenoxy) is 2. The third-order valence-corrected chi connectivity index (χ3v) is 9.91. The molecule has 0 bridgehead atoms. The van der Waals surface area contributed by atoms with E-state index in [-0.39, 0.29) is 19.4 Å². The molecule has 320 valence electrons. The van der Waals surface area contributed by atoms with Crippen LogP contribution in [-0.4, -0.2) is 65.7 Å². The lowest BCUT2D eigenvalue weighted by molar-refractivity contribution is -0.161. The standard InChI is InChI=1S/C44H79O10P/c1-3-5-7-9-11-13-15-17-19-20-22-24-26-28-30-32-34-36-44(48)54-42(40-53-55(49,50)52-38-41(46)37-45)39-51-43(47)35-33-31-29-27-25-23-21-18-16-14-12-10-8-6-4-2/h14,16-17,19,22,24,28,30,41-42,45-46H,3-13,15,18,20-21,23,25-27,29,31-40H2,1-2H3,(H,49,50)/b16-14+,19-17+,24-22+,30-28+/t41-,42+/m0/s1. The molecule has 11 heteroatoms. The van der Waals surface area contributed by atoms with E-state index in [1.54, 1.807) is 0 Å². The van der Waals surface area contributed by atoms with Crippen LogP contribution in [0.5, 0.6) is 0 Å². The van der Waals surface area contributed by atoms with Gasteiger partial charge in [0, 0.05) is 12.8 Å². The molecule has 0 aromatic heterocycles. The molecule has 0 aromatic carbocycles. The molecule has 0 aliphatic rings. The van der Waals surface area contributed by atoms with Gasteiger partial charge in [-0.15, -0.1) is 0 Å². The predicted octanol–water partition coefficient (Wildman–Crippen LogP) is 11.3. The number of carbonyl (C=O) groups excluding carboxylic acids is 2. The van der Waals surface area contributed by atoms with Gasteiger partial charge in [0.2, 0.25) is 0 Å². The molecular formula is C44H79O10P. The molecule has 0 aromatic rings. The number of aliphatic hydroxyl groups excluding tert-OH is 2. The highest BCUT2D eigenvalue weighted by Crippen LogP contribution is 2.43. The largest absolute Gasteiger partial charge is 0.472 e. The van der Waals surface area contributed by atoms with Crippen molar-refractivity contribution in [3.63, 3.8) is 0 Å². The van der Waals surface area contributed by atoms with Crippen LogP contribution in [0.25, 0.3) is 0 Å². The predicted molar refractivity (Wildman–Crippen MR) is 224 cm³/mol. The minimum absolute atomic E-state index is 0.111. The Morgan fingerprint density at radius 3 is 1.51 bits per heavy atom. The Morgan fingerprint density at radius 1 is 0.545 bits per heavy atom. The molecular weight excluding hydrogens is 719 g/mol. The molecule has 0 radical (unpaired) electrons. The van der Waals surface area contributed by atoms with E-state index in [4.69, 9.17) is 19.1 Å². The third kappa shape index (κ3) is 39.9. The van der Waals surface area contributed by atoms with Gasteiger partial charge in [-0.2, -0.15) is 0 Å². The number of esters is 2. The van der Waals surface area contributed by atoms with Crippen LogP contribution < -0.4 is 0 Å². The van der Waals surface area contributed by atoms with Crippen molar-refractivity contribution in [1.82, 2.24) is 0 Å². The quantitative estimate of drug-likeness (QED) is 0.0237. The summed E-state index contributed by atoms with van der Waals surface area (Å²) in [4.78, 5) is 34.9. The Morgan fingerprint density at radius 2 is 0.964 bits per heavy atom. The number of phosphoric acid groups is 1. The van der Waals surface area contributed by atoms with Crippen molar-refractivity contribution < 1.29 is 47.8 Å². The molecule has 0 amide bonds. The molecule has 0 spiro atoms. The lowest BCUT2D eigenvalue weighted by Gasteiger charge is -2.20. The number of hydrogen-bond acceptors (Lipinski definition) is 9. The topological polar surface area (TPSA) is 149 Å². The minimum atomic E-state index is -4.63. The Hall–Kier alpha value is -2.07. The second kappa shape index (κ2) is 40.1. The Balaban J connectivity index is 4.40. The summed E-state index contributed by atoms with van der Waals surface area (Å²) in [7, 11) is -4.63. The molecule has 0 rings (SSSR count). The van der Waals surface area contributed by atoms with E-state index in [0.717, 1.165) is 44.9 Å². The summed E-state index contributed by atoms with van der Waals surface area (Å²) in [6.07, 6.45) is 42.2. The van der Waals surface area contributed by atoms with Crippen LogP contribution in [0.1, 0.15) is 181 Å². The Bertz CT molecular complexity index is 1060. The molecule has 0 saturated heterocycles. The van der Waals surface area contributed by atoms with Crippen LogP contribution in [0.3, 0.4) is 0 Å². The van der Waals surface area contributed by atoms with Gasteiger partial charge in [0.1, 0.15) is 12.7 Å². The average Bonchev–Trinajstić information content (AvgIpc) is 3.17. The first-order valence-electron chi connectivity index (χ1n) is 21.6. The summed E-state index contributed by atoms with van der Waals surface area (Å²) in [6, 6.07) is 0. The van der Waals surface area contributed by atoms with E-state index < -0.39 is 51.8 Å². The second-order valence-electron chi connectivity index (χ2n) is 14.4. The lowest BCUT2D eigenvalue weighted by atomic mass is 10.1. The van der Waals surface area contributed by atoms with Crippen molar-refractivity contribution in [2.45, 2.75) is 193 Å². The fourth-order valence-corrected chi connectivity index (χ4v) is 6.38.